The highest BCUT2D eigenvalue weighted by Gasteiger charge is 2.41. The smallest absolute Gasteiger partial charge is 0.248 e. The van der Waals surface area contributed by atoms with Crippen LogP contribution in [0.1, 0.15) is 67.9 Å². The number of hydrogen-bond acceptors (Lipinski definition) is 10. The first-order valence-electron chi connectivity index (χ1n) is 16.6. The predicted octanol–water partition coefficient (Wildman–Crippen LogP) is 6.13. The molecule has 0 saturated heterocycles. The average Bonchev–Trinajstić information content (AvgIpc) is 3.50. The third-order valence-corrected chi connectivity index (χ3v) is 11.9. The van der Waals surface area contributed by atoms with Gasteiger partial charge in [-0.1, -0.05) is 62.0 Å². The fraction of sp³-hybridized carbons (Fsp3) is 0.389. The lowest BCUT2D eigenvalue weighted by Crippen LogP contribution is -2.38. The topological polar surface area (TPSA) is 145 Å². The summed E-state index contributed by atoms with van der Waals surface area (Å²) in [6.45, 7) is 12.8. The maximum Gasteiger partial charge on any atom is 0.248 e. The van der Waals surface area contributed by atoms with Crippen molar-refractivity contribution in [2.45, 2.75) is 83.1 Å². The Labute approximate surface area is 297 Å². The molecule has 3 aromatic heterocycles. The second kappa shape index (κ2) is 14.1. The monoisotopic (exact) mass is 714 g/mol. The number of fused-ring (bicyclic) bond motifs is 2. The maximum absolute atomic E-state index is 14.3. The summed E-state index contributed by atoms with van der Waals surface area (Å²) in [5, 5.41) is 12.5. The molecule has 2 atom stereocenters. The summed E-state index contributed by atoms with van der Waals surface area (Å²) in [5.74, 6) is -0.551. The number of ether oxygens (including phenoxy) is 1. The van der Waals surface area contributed by atoms with Gasteiger partial charge in [0.25, 0.3) is 0 Å². The molecule has 0 spiro atoms. The molecule has 0 bridgehead atoms. The van der Waals surface area contributed by atoms with E-state index in [2.05, 4.69) is 36.6 Å². The standard InChI is InChI=1S/C36H42N8O4S2/c1-8-27-21-43(50(46,47)30-11-10-16-37-33(30)48-27)20-25-17-24(13-12-22(25)3)31(28-14-15-29-32(23(28)4)41-42-44(29)9-2)36(5,6)34(45)40-26-18-38-35(49-7)39-19-26/h10-19,27,31H,8-9,20-21H2,1-7H3,(H,40,45)/t27-,31+/m1/s1. The van der Waals surface area contributed by atoms with Crippen LogP contribution in [0.15, 0.2) is 71.1 Å². The molecule has 1 aliphatic rings. The van der Waals surface area contributed by atoms with Crippen LogP contribution < -0.4 is 10.1 Å². The van der Waals surface area contributed by atoms with Crippen LogP contribution in [0.25, 0.3) is 11.0 Å². The lowest BCUT2D eigenvalue weighted by atomic mass is 9.69. The summed E-state index contributed by atoms with van der Waals surface area (Å²) in [5.41, 5.74) is 5.64. The van der Waals surface area contributed by atoms with E-state index in [1.54, 1.807) is 18.5 Å². The molecule has 0 radical (unpaired) electrons. The first-order valence-corrected chi connectivity index (χ1v) is 19.3. The number of carbonyl (C=O) groups is 1. The van der Waals surface area contributed by atoms with Gasteiger partial charge >= 0.3 is 0 Å². The summed E-state index contributed by atoms with van der Waals surface area (Å²) >= 11 is 1.42. The van der Waals surface area contributed by atoms with Gasteiger partial charge in [0.15, 0.2) is 5.16 Å². The number of benzene rings is 2. The van der Waals surface area contributed by atoms with Crippen molar-refractivity contribution in [2.75, 3.05) is 18.1 Å². The number of aryl methyl sites for hydroxylation is 3. The van der Waals surface area contributed by atoms with Crippen LogP contribution in [0.3, 0.4) is 0 Å². The number of anilines is 1. The maximum atomic E-state index is 14.3. The van der Waals surface area contributed by atoms with Crippen molar-refractivity contribution in [3.05, 3.63) is 88.9 Å². The molecule has 6 rings (SSSR count). The Bertz CT molecular complexity index is 2150. The van der Waals surface area contributed by atoms with Crippen molar-refractivity contribution >= 4 is 44.4 Å². The second-order valence-corrected chi connectivity index (χ2v) is 15.7. The molecule has 12 nitrogen and oxygen atoms in total. The molecular formula is C36H42N8O4S2. The van der Waals surface area contributed by atoms with Gasteiger partial charge in [-0.05, 0) is 79.5 Å². The van der Waals surface area contributed by atoms with Crippen LogP contribution in [0.2, 0.25) is 0 Å². The number of sulfonamides is 1. The van der Waals surface area contributed by atoms with Crippen molar-refractivity contribution in [1.82, 2.24) is 34.3 Å². The molecule has 5 aromatic rings. The molecule has 1 amide bonds. The number of thioether (sulfide) groups is 1. The van der Waals surface area contributed by atoms with Crippen LogP contribution in [0.4, 0.5) is 5.69 Å². The quantitative estimate of drug-likeness (QED) is 0.132. The normalized spacial score (nSPS) is 16.7. The molecule has 50 heavy (non-hydrogen) atoms. The zero-order valence-corrected chi connectivity index (χ0v) is 31.0. The number of carbonyl (C=O) groups excluding carboxylic acids is 1. The van der Waals surface area contributed by atoms with Crippen molar-refractivity contribution in [3.8, 4) is 5.88 Å². The van der Waals surface area contributed by atoms with Crippen molar-refractivity contribution in [3.63, 3.8) is 0 Å². The molecule has 4 heterocycles. The molecule has 262 valence electrons. The molecule has 0 fully saturated rings. The van der Waals surface area contributed by atoms with E-state index in [-0.39, 0.29) is 35.9 Å². The Morgan fingerprint density at radius 1 is 1.10 bits per heavy atom. The van der Waals surface area contributed by atoms with Crippen LogP contribution in [0.5, 0.6) is 5.88 Å². The van der Waals surface area contributed by atoms with Crippen LogP contribution >= 0.6 is 11.8 Å². The van der Waals surface area contributed by atoms with E-state index in [0.29, 0.717) is 23.8 Å². The van der Waals surface area contributed by atoms with Gasteiger partial charge < -0.3 is 10.1 Å². The van der Waals surface area contributed by atoms with E-state index in [4.69, 9.17) is 4.74 Å². The minimum atomic E-state index is -3.92. The summed E-state index contributed by atoms with van der Waals surface area (Å²) in [6, 6.07) is 13.3. The number of hydrogen-bond donors (Lipinski definition) is 1. The van der Waals surface area contributed by atoms with Gasteiger partial charge in [-0.15, -0.1) is 5.10 Å². The summed E-state index contributed by atoms with van der Waals surface area (Å²) in [4.78, 5) is 27.2. The average molecular weight is 715 g/mol. The van der Waals surface area contributed by atoms with Gasteiger partial charge in [0.2, 0.25) is 21.8 Å². The van der Waals surface area contributed by atoms with Crippen molar-refractivity contribution in [2.24, 2.45) is 5.41 Å². The van der Waals surface area contributed by atoms with E-state index < -0.39 is 21.4 Å². The van der Waals surface area contributed by atoms with Gasteiger partial charge in [-0.25, -0.2) is 28.1 Å². The summed E-state index contributed by atoms with van der Waals surface area (Å²) in [6.07, 6.45) is 6.89. The molecule has 14 heteroatoms. The SMILES string of the molecule is CC[C@@H]1CN(Cc2cc([C@@H](c3ccc4c(nnn4CC)c3C)C(C)(C)C(=O)Nc3cnc(SC)nc3)ccc2C)S(=O)(=O)c2cccnc2O1. The Balaban J connectivity index is 1.45. The van der Waals surface area contributed by atoms with Gasteiger partial charge in [0.05, 0.1) is 35.6 Å². The van der Waals surface area contributed by atoms with E-state index in [9.17, 15) is 13.2 Å². The molecule has 0 saturated carbocycles. The Kier molecular flexibility index (Phi) is 9.98. The molecule has 1 N–H and O–H groups in total. The van der Waals surface area contributed by atoms with Crippen molar-refractivity contribution in [1.29, 1.82) is 0 Å². The number of nitrogens with zero attached hydrogens (tertiary/aromatic N) is 7. The number of aromatic nitrogens is 6. The minimum absolute atomic E-state index is 0.0547. The molecule has 0 unspecified atom stereocenters. The molecular weight excluding hydrogens is 673 g/mol. The lowest BCUT2D eigenvalue weighted by Gasteiger charge is -2.35. The van der Waals surface area contributed by atoms with E-state index in [1.165, 1.54) is 28.3 Å². The number of rotatable bonds is 10. The number of pyridine rings is 1. The Hall–Kier alpha value is -4.40. The largest absolute Gasteiger partial charge is 0.472 e. The number of nitrogens with one attached hydrogen (secondary N) is 1. The predicted molar refractivity (Wildman–Crippen MR) is 194 cm³/mol. The van der Waals surface area contributed by atoms with Crippen LogP contribution in [-0.4, -0.2) is 67.5 Å². The highest BCUT2D eigenvalue weighted by atomic mass is 32.2. The zero-order chi connectivity index (χ0) is 35.8. The highest BCUT2D eigenvalue weighted by molar-refractivity contribution is 7.98. The Morgan fingerprint density at radius 3 is 2.56 bits per heavy atom. The van der Waals surface area contributed by atoms with Gasteiger partial charge in [-0.3, -0.25) is 4.79 Å². The van der Waals surface area contributed by atoms with Crippen LogP contribution in [0, 0.1) is 19.3 Å². The van der Waals surface area contributed by atoms with E-state index in [0.717, 1.165) is 38.9 Å². The summed E-state index contributed by atoms with van der Waals surface area (Å²) < 4.78 is 37.4. The Morgan fingerprint density at radius 2 is 1.86 bits per heavy atom. The van der Waals surface area contributed by atoms with Crippen LogP contribution in [-0.2, 0) is 27.9 Å². The van der Waals surface area contributed by atoms with E-state index >= 15 is 0 Å². The third-order valence-electron chi connectivity index (χ3n) is 9.52. The molecule has 1 aliphatic heterocycles. The van der Waals surface area contributed by atoms with Crippen molar-refractivity contribution < 1.29 is 17.9 Å². The lowest BCUT2D eigenvalue weighted by molar-refractivity contribution is -0.124. The fourth-order valence-electron chi connectivity index (χ4n) is 6.54. The van der Waals surface area contributed by atoms with Gasteiger partial charge in [-0.2, -0.15) is 4.31 Å². The third kappa shape index (κ3) is 6.59. The number of amides is 1. The summed E-state index contributed by atoms with van der Waals surface area (Å²) in [7, 11) is -3.92. The molecule has 2 aromatic carbocycles. The van der Waals surface area contributed by atoms with Gasteiger partial charge in [0, 0.05) is 25.2 Å². The zero-order valence-electron chi connectivity index (χ0n) is 29.3. The first kappa shape index (κ1) is 35.4. The molecule has 0 aliphatic carbocycles. The minimum Gasteiger partial charge on any atom is -0.472 e. The van der Waals surface area contributed by atoms with Gasteiger partial charge in [0.1, 0.15) is 16.5 Å². The highest BCUT2D eigenvalue weighted by Crippen LogP contribution is 2.45. The van der Waals surface area contributed by atoms with E-state index in [1.807, 2.05) is 76.7 Å². The first-order chi connectivity index (χ1) is 23.9. The second-order valence-electron chi connectivity index (χ2n) is 13.1. The fourth-order valence-corrected chi connectivity index (χ4v) is 8.38.